The van der Waals surface area contributed by atoms with Gasteiger partial charge in [0.1, 0.15) is 6.10 Å². The summed E-state index contributed by atoms with van der Waals surface area (Å²) < 4.78 is 16.5. The summed E-state index contributed by atoms with van der Waals surface area (Å²) in [4.78, 5) is 24.8. The number of rotatable bonds is 4. The summed E-state index contributed by atoms with van der Waals surface area (Å²) in [5.41, 5.74) is 0.689. The first-order valence-electron chi connectivity index (χ1n) is 6.13. The topological polar surface area (TPSA) is 75.7 Å². The summed E-state index contributed by atoms with van der Waals surface area (Å²) in [7, 11) is -1.04. The molecule has 0 unspecified atom stereocenters. The Morgan fingerprint density at radius 3 is 2.65 bits per heavy atom. The van der Waals surface area contributed by atoms with Gasteiger partial charge in [0, 0.05) is 34.6 Å². The van der Waals surface area contributed by atoms with E-state index >= 15 is 0 Å². The van der Waals surface area contributed by atoms with E-state index in [4.69, 9.17) is 4.74 Å². The quantitative estimate of drug-likeness (QED) is 0.895. The van der Waals surface area contributed by atoms with E-state index in [1.54, 1.807) is 30.5 Å². The van der Waals surface area contributed by atoms with Crippen LogP contribution < -0.4 is 10.2 Å². The standard InChI is InChI=1S/C13H16N2O4S/c1-9(16)14-7-11-8-15(13(17)19-11)10-3-5-12(6-4-10)20(2)18/h3-6,11H,7-8H2,1-2H3,(H,14,16)/t11-,20+/m0/s1. The fourth-order valence-corrected chi connectivity index (χ4v) is 2.43. The van der Waals surface area contributed by atoms with Gasteiger partial charge < -0.3 is 10.1 Å². The second kappa shape index (κ2) is 6.04. The second-order valence-corrected chi connectivity index (χ2v) is 5.88. The Kier molecular flexibility index (Phi) is 4.39. The Morgan fingerprint density at radius 1 is 1.45 bits per heavy atom. The van der Waals surface area contributed by atoms with Gasteiger partial charge in [0.05, 0.1) is 13.1 Å². The average Bonchev–Trinajstić information content (AvgIpc) is 2.78. The molecular formula is C13H16N2O4S. The normalized spacial score (nSPS) is 19.6. The minimum Gasteiger partial charge on any atom is -0.442 e. The Bertz CT molecular complexity index is 544. The summed E-state index contributed by atoms with van der Waals surface area (Å²) in [5, 5.41) is 2.62. The summed E-state index contributed by atoms with van der Waals surface area (Å²) >= 11 is 0. The fourth-order valence-electron chi connectivity index (χ4n) is 1.91. The molecular weight excluding hydrogens is 280 g/mol. The molecule has 1 fully saturated rings. The third-order valence-corrected chi connectivity index (χ3v) is 3.87. The average molecular weight is 296 g/mol. The molecule has 2 atom stereocenters. The van der Waals surface area contributed by atoms with Crippen LogP contribution in [-0.2, 0) is 20.3 Å². The second-order valence-electron chi connectivity index (χ2n) is 4.50. The van der Waals surface area contributed by atoms with E-state index < -0.39 is 16.9 Å². The van der Waals surface area contributed by atoms with Gasteiger partial charge in [-0.3, -0.25) is 13.9 Å². The van der Waals surface area contributed by atoms with Gasteiger partial charge in [-0.05, 0) is 24.3 Å². The van der Waals surface area contributed by atoms with Crippen LogP contribution in [0.5, 0.6) is 0 Å². The van der Waals surface area contributed by atoms with Gasteiger partial charge in [-0.15, -0.1) is 0 Å². The number of nitrogens with zero attached hydrogens (tertiary/aromatic N) is 1. The van der Waals surface area contributed by atoms with Crippen molar-refractivity contribution >= 4 is 28.5 Å². The first-order chi connectivity index (χ1) is 9.47. The lowest BCUT2D eigenvalue weighted by Crippen LogP contribution is -2.33. The maximum Gasteiger partial charge on any atom is 0.414 e. The molecule has 2 amide bonds. The van der Waals surface area contributed by atoms with E-state index in [-0.39, 0.29) is 12.0 Å². The number of hydrogen-bond donors (Lipinski definition) is 1. The van der Waals surface area contributed by atoms with Crippen LogP contribution in [0.15, 0.2) is 29.2 Å². The van der Waals surface area contributed by atoms with Crippen molar-refractivity contribution in [2.75, 3.05) is 24.2 Å². The zero-order valence-electron chi connectivity index (χ0n) is 11.3. The van der Waals surface area contributed by atoms with Crippen LogP contribution in [0.3, 0.4) is 0 Å². The highest BCUT2D eigenvalue weighted by molar-refractivity contribution is 7.84. The van der Waals surface area contributed by atoms with Crippen molar-refractivity contribution in [1.82, 2.24) is 5.32 Å². The monoisotopic (exact) mass is 296 g/mol. The van der Waals surface area contributed by atoms with Crippen LogP contribution in [0.2, 0.25) is 0 Å². The Morgan fingerprint density at radius 2 is 2.10 bits per heavy atom. The van der Waals surface area contributed by atoms with Gasteiger partial charge in [0.15, 0.2) is 0 Å². The molecule has 1 N–H and O–H groups in total. The van der Waals surface area contributed by atoms with Crippen molar-refractivity contribution in [2.24, 2.45) is 0 Å². The largest absolute Gasteiger partial charge is 0.442 e. The highest BCUT2D eigenvalue weighted by Gasteiger charge is 2.32. The zero-order chi connectivity index (χ0) is 14.7. The van der Waals surface area contributed by atoms with Crippen LogP contribution in [0, 0.1) is 0 Å². The number of anilines is 1. The first-order valence-corrected chi connectivity index (χ1v) is 7.69. The van der Waals surface area contributed by atoms with Crippen molar-refractivity contribution in [3.05, 3.63) is 24.3 Å². The van der Waals surface area contributed by atoms with Crippen LogP contribution in [0.1, 0.15) is 6.92 Å². The number of cyclic esters (lactones) is 1. The lowest BCUT2D eigenvalue weighted by molar-refractivity contribution is -0.119. The van der Waals surface area contributed by atoms with E-state index in [9.17, 15) is 13.8 Å². The van der Waals surface area contributed by atoms with Crippen LogP contribution in [-0.4, -0.2) is 41.7 Å². The van der Waals surface area contributed by atoms with E-state index in [0.717, 1.165) is 0 Å². The molecule has 0 saturated carbocycles. The van der Waals surface area contributed by atoms with Crippen molar-refractivity contribution in [2.45, 2.75) is 17.9 Å². The molecule has 0 bridgehead atoms. The number of hydrogen-bond acceptors (Lipinski definition) is 4. The summed E-state index contributed by atoms with van der Waals surface area (Å²) in [6.07, 6.45) is 0.805. The van der Waals surface area contributed by atoms with E-state index in [1.807, 2.05) is 0 Å². The number of amides is 2. The molecule has 1 heterocycles. The van der Waals surface area contributed by atoms with Crippen LogP contribution >= 0.6 is 0 Å². The molecule has 1 aliphatic heterocycles. The smallest absolute Gasteiger partial charge is 0.414 e. The molecule has 108 valence electrons. The third-order valence-electron chi connectivity index (χ3n) is 2.93. The van der Waals surface area contributed by atoms with Crippen LogP contribution in [0.4, 0.5) is 10.5 Å². The van der Waals surface area contributed by atoms with Crippen molar-refractivity contribution in [1.29, 1.82) is 0 Å². The number of ether oxygens (including phenoxy) is 1. The number of benzene rings is 1. The highest BCUT2D eigenvalue weighted by Crippen LogP contribution is 2.22. The van der Waals surface area contributed by atoms with Gasteiger partial charge in [-0.2, -0.15) is 0 Å². The minimum atomic E-state index is -1.04. The Balaban J connectivity index is 2.03. The molecule has 0 spiro atoms. The Hall–Kier alpha value is -1.89. The van der Waals surface area contributed by atoms with Crippen LogP contribution in [0.25, 0.3) is 0 Å². The minimum absolute atomic E-state index is 0.158. The predicted molar refractivity (Wildman–Crippen MR) is 75.1 cm³/mol. The van der Waals surface area contributed by atoms with Crippen molar-refractivity contribution in [3.8, 4) is 0 Å². The molecule has 1 aromatic rings. The summed E-state index contributed by atoms with van der Waals surface area (Å²) in [6.45, 7) is 2.10. The van der Waals surface area contributed by atoms with Gasteiger partial charge in [0.2, 0.25) is 5.91 Å². The van der Waals surface area contributed by atoms with Gasteiger partial charge in [0.25, 0.3) is 0 Å². The fraction of sp³-hybridized carbons (Fsp3) is 0.385. The predicted octanol–water partition coefficient (Wildman–Crippen LogP) is 0.885. The zero-order valence-corrected chi connectivity index (χ0v) is 12.1. The molecule has 1 aromatic carbocycles. The molecule has 0 aromatic heterocycles. The molecule has 7 heteroatoms. The molecule has 20 heavy (non-hydrogen) atoms. The molecule has 6 nitrogen and oxygen atoms in total. The lowest BCUT2D eigenvalue weighted by Gasteiger charge is -2.13. The molecule has 2 rings (SSSR count). The maximum atomic E-state index is 11.8. The van der Waals surface area contributed by atoms with Gasteiger partial charge in [-0.1, -0.05) is 0 Å². The maximum absolute atomic E-state index is 11.8. The van der Waals surface area contributed by atoms with Gasteiger partial charge in [-0.25, -0.2) is 4.79 Å². The Labute approximate surface area is 119 Å². The summed E-state index contributed by atoms with van der Waals surface area (Å²) in [5.74, 6) is -0.158. The third kappa shape index (κ3) is 3.36. The molecule has 0 radical (unpaired) electrons. The summed E-state index contributed by atoms with van der Waals surface area (Å²) in [6, 6.07) is 6.91. The number of carbonyl (C=O) groups excluding carboxylic acids is 2. The molecule has 1 aliphatic rings. The molecule has 1 saturated heterocycles. The van der Waals surface area contributed by atoms with Crippen molar-refractivity contribution in [3.63, 3.8) is 0 Å². The van der Waals surface area contributed by atoms with E-state index in [0.29, 0.717) is 23.7 Å². The molecule has 0 aliphatic carbocycles. The number of nitrogens with one attached hydrogen (secondary N) is 1. The lowest BCUT2D eigenvalue weighted by atomic mass is 10.2. The van der Waals surface area contributed by atoms with Crippen molar-refractivity contribution < 1.29 is 18.5 Å². The van der Waals surface area contributed by atoms with Gasteiger partial charge >= 0.3 is 6.09 Å². The first kappa shape index (κ1) is 14.5. The van der Waals surface area contributed by atoms with E-state index in [1.165, 1.54) is 11.8 Å². The van der Waals surface area contributed by atoms with E-state index in [2.05, 4.69) is 5.32 Å². The number of carbonyl (C=O) groups is 2. The highest BCUT2D eigenvalue weighted by atomic mass is 32.2. The SMILES string of the molecule is CC(=O)NC[C@H]1CN(c2ccc([S@@](C)=O)cc2)C(=O)O1.